The first-order valence-corrected chi connectivity index (χ1v) is 11.1. The van der Waals surface area contributed by atoms with E-state index in [4.69, 9.17) is 4.74 Å². The summed E-state index contributed by atoms with van der Waals surface area (Å²) < 4.78 is 7.65. The molecular formula is C24H31N3O3. The van der Waals surface area contributed by atoms with Crippen LogP contribution in [0.4, 0.5) is 0 Å². The maximum atomic E-state index is 13.3. The van der Waals surface area contributed by atoms with Gasteiger partial charge in [-0.15, -0.1) is 0 Å². The van der Waals surface area contributed by atoms with E-state index >= 15 is 0 Å². The van der Waals surface area contributed by atoms with Crippen molar-refractivity contribution in [3.8, 4) is 0 Å². The Morgan fingerprint density at radius 2 is 2.13 bits per heavy atom. The van der Waals surface area contributed by atoms with E-state index in [0.29, 0.717) is 37.4 Å². The van der Waals surface area contributed by atoms with Gasteiger partial charge in [-0.3, -0.25) is 14.6 Å². The summed E-state index contributed by atoms with van der Waals surface area (Å²) in [6.45, 7) is 8.50. The number of hydrogen-bond acceptors (Lipinski definition) is 4. The highest BCUT2D eigenvalue weighted by Crippen LogP contribution is 2.29. The van der Waals surface area contributed by atoms with Gasteiger partial charge in [0.15, 0.2) is 5.78 Å². The standard InChI is InChI=1S/C24H31N3O3/c1-4-18(19-8-7-16(2)25-14-19)12-23(28)21-13-20(22-15-30-11-10-27(21)22)24(29)26-9-5-6-17(26)3/h7-8,13-14,17-18H,4-6,9-12,15H2,1-3H3/t17-,18-/m0/s1. The van der Waals surface area contributed by atoms with Crippen LogP contribution in [0, 0.1) is 6.92 Å². The van der Waals surface area contributed by atoms with E-state index in [9.17, 15) is 9.59 Å². The predicted molar refractivity (Wildman–Crippen MR) is 115 cm³/mol. The van der Waals surface area contributed by atoms with E-state index < -0.39 is 0 Å². The van der Waals surface area contributed by atoms with Gasteiger partial charge in [0, 0.05) is 37.4 Å². The quantitative estimate of drug-likeness (QED) is 0.674. The van der Waals surface area contributed by atoms with Crippen LogP contribution in [-0.4, -0.2) is 45.3 Å². The number of ketones is 1. The first-order valence-electron chi connectivity index (χ1n) is 11.1. The van der Waals surface area contributed by atoms with Crippen LogP contribution in [-0.2, 0) is 17.9 Å². The van der Waals surface area contributed by atoms with Gasteiger partial charge in [0.1, 0.15) is 0 Å². The molecule has 2 aromatic rings. The lowest BCUT2D eigenvalue weighted by Crippen LogP contribution is -2.34. The average Bonchev–Trinajstić information content (AvgIpc) is 3.36. The van der Waals surface area contributed by atoms with Gasteiger partial charge in [-0.1, -0.05) is 13.0 Å². The number of nitrogens with zero attached hydrogens (tertiary/aromatic N) is 3. The van der Waals surface area contributed by atoms with Gasteiger partial charge in [-0.25, -0.2) is 0 Å². The molecule has 1 fully saturated rings. The molecule has 4 heterocycles. The first kappa shape index (κ1) is 20.8. The first-order chi connectivity index (χ1) is 14.5. The lowest BCUT2D eigenvalue weighted by atomic mass is 9.91. The van der Waals surface area contributed by atoms with Crippen LogP contribution in [0.25, 0.3) is 0 Å². The lowest BCUT2D eigenvalue weighted by Gasteiger charge is -2.23. The number of ether oxygens (including phenoxy) is 1. The van der Waals surface area contributed by atoms with Crippen molar-refractivity contribution in [3.05, 3.63) is 52.6 Å². The highest BCUT2D eigenvalue weighted by atomic mass is 16.5. The zero-order valence-corrected chi connectivity index (χ0v) is 18.2. The average molecular weight is 410 g/mol. The lowest BCUT2D eigenvalue weighted by molar-refractivity contribution is 0.0698. The molecule has 2 aliphatic heterocycles. The molecule has 0 aromatic carbocycles. The van der Waals surface area contributed by atoms with Crippen LogP contribution in [0.3, 0.4) is 0 Å². The molecule has 2 aromatic heterocycles. The van der Waals surface area contributed by atoms with Gasteiger partial charge in [-0.2, -0.15) is 0 Å². The summed E-state index contributed by atoms with van der Waals surface area (Å²) in [5, 5.41) is 0. The summed E-state index contributed by atoms with van der Waals surface area (Å²) in [7, 11) is 0. The number of aromatic nitrogens is 2. The summed E-state index contributed by atoms with van der Waals surface area (Å²) in [4.78, 5) is 32.9. The molecule has 0 saturated carbocycles. The number of Topliss-reactive ketones (excluding diaryl/α,β-unsaturated/α-hetero) is 1. The predicted octanol–water partition coefficient (Wildman–Crippen LogP) is 4.11. The molecule has 0 unspecified atom stereocenters. The second-order valence-corrected chi connectivity index (χ2v) is 8.55. The highest BCUT2D eigenvalue weighted by Gasteiger charge is 2.32. The Bertz CT molecular complexity index is 932. The van der Waals surface area contributed by atoms with Crippen LogP contribution < -0.4 is 0 Å². The van der Waals surface area contributed by atoms with Crippen molar-refractivity contribution in [1.82, 2.24) is 14.5 Å². The molecule has 0 bridgehead atoms. The SMILES string of the molecule is CC[C@@H](CC(=O)c1cc(C(=O)N2CCC[C@@H]2C)c2n1CCOC2)c1ccc(C)nc1. The van der Waals surface area contributed by atoms with Crippen molar-refractivity contribution >= 4 is 11.7 Å². The van der Waals surface area contributed by atoms with Crippen LogP contribution in [0.1, 0.15) is 83.2 Å². The van der Waals surface area contributed by atoms with Gasteiger partial charge < -0.3 is 14.2 Å². The van der Waals surface area contributed by atoms with Gasteiger partial charge >= 0.3 is 0 Å². The fourth-order valence-corrected chi connectivity index (χ4v) is 4.68. The molecule has 1 saturated heterocycles. The zero-order chi connectivity index (χ0) is 21.3. The molecule has 30 heavy (non-hydrogen) atoms. The maximum Gasteiger partial charge on any atom is 0.256 e. The molecule has 160 valence electrons. The Balaban J connectivity index is 1.61. The molecule has 6 nitrogen and oxygen atoms in total. The zero-order valence-electron chi connectivity index (χ0n) is 18.2. The molecule has 0 N–H and O–H groups in total. The normalized spacial score (nSPS) is 19.6. The van der Waals surface area contributed by atoms with Crippen molar-refractivity contribution in [2.75, 3.05) is 13.2 Å². The molecule has 2 aliphatic rings. The molecule has 2 atom stereocenters. The summed E-state index contributed by atoms with van der Waals surface area (Å²) >= 11 is 0. The van der Waals surface area contributed by atoms with Gasteiger partial charge in [-0.05, 0) is 56.7 Å². The number of carbonyl (C=O) groups excluding carboxylic acids is 2. The van der Waals surface area contributed by atoms with Crippen molar-refractivity contribution in [2.45, 2.75) is 71.6 Å². The molecule has 6 heteroatoms. The number of fused-ring (bicyclic) bond motifs is 1. The second-order valence-electron chi connectivity index (χ2n) is 8.55. The van der Waals surface area contributed by atoms with E-state index in [2.05, 4.69) is 24.9 Å². The number of hydrogen-bond donors (Lipinski definition) is 0. The van der Waals surface area contributed by atoms with Gasteiger partial charge in [0.25, 0.3) is 5.91 Å². The number of amides is 1. The summed E-state index contributed by atoms with van der Waals surface area (Å²) in [6, 6.07) is 6.12. The van der Waals surface area contributed by atoms with Crippen LogP contribution >= 0.6 is 0 Å². The molecule has 0 spiro atoms. The molecule has 1 amide bonds. The third-order valence-electron chi connectivity index (χ3n) is 6.57. The van der Waals surface area contributed by atoms with E-state index in [1.54, 1.807) is 0 Å². The number of pyridine rings is 1. The summed E-state index contributed by atoms with van der Waals surface area (Å²) in [5.41, 5.74) is 4.19. The Kier molecular flexibility index (Phi) is 6.04. The van der Waals surface area contributed by atoms with Crippen molar-refractivity contribution in [3.63, 3.8) is 0 Å². The second kappa shape index (κ2) is 8.72. The smallest absolute Gasteiger partial charge is 0.256 e. The van der Waals surface area contributed by atoms with E-state index in [-0.39, 0.29) is 23.7 Å². The monoisotopic (exact) mass is 409 g/mol. The largest absolute Gasteiger partial charge is 0.373 e. The molecule has 0 aliphatic carbocycles. The van der Waals surface area contributed by atoms with Crippen LogP contribution in [0.2, 0.25) is 0 Å². The van der Waals surface area contributed by atoms with Crippen LogP contribution in [0.5, 0.6) is 0 Å². The minimum absolute atomic E-state index is 0.0306. The van der Waals surface area contributed by atoms with E-state index in [0.717, 1.165) is 42.8 Å². The summed E-state index contributed by atoms with van der Waals surface area (Å²) in [6.07, 6.45) is 5.23. The molecule has 0 radical (unpaired) electrons. The number of rotatable bonds is 6. The van der Waals surface area contributed by atoms with Gasteiger partial charge in [0.05, 0.1) is 30.2 Å². The maximum absolute atomic E-state index is 13.3. The van der Waals surface area contributed by atoms with Crippen LogP contribution in [0.15, 0.2) is 24.4 Å². The minimum Gasteiger partial charge on any atom is -0.373 e. The Morgan fingerprint density at radius 3 is 2.80 bits per heavy atom. The Hall–Kier alpha value is -2.47. The number of likely N-dealkylation sites (tertiary alicyclic amines) is 1. The van der Waals surface area contributed by atoms with E-state index in [1.807, 2.05) is 34.7 Å². The molecule has 4 rings (SSSR count). The number of carbonyl (C=O) groups is 2. The topological polar surface area (TPSA) is 64.4 Å². The van der Waals surface area contributed by atoms with Crippen molar-refractivity contribution < 1.29 is 14.3 Å². The fraction of sp³-hybridized carbons (Fsp3) is 0.542. The molecular weight excluding hydrogens is 378 g/mol. The van der Waals surface area contributed by atoms with Crippen molar-refractivity contribution in [1.29, 1.82) is 0 Å². The van der Waals surface area contributed by atoms with Gasteiger partial charge in [0.2, 0.25) is 0 Å². The van der Waals surface area contributed by atoms with Crippen molar-refractivity contribution in [2.24, 2.45) is 0 Å². The summed E-state index contributed by atoms with van der Waals surface area (Å²) in [5.74, 6) is 0.233. The number of aryl methyl sites for hydroxylation is 1. The third kappa shape index (κ3) is 3.93. The highest BCUT2D eigenvalue weighted by molar-refractivity contribution is 6.01. The Labute approximate surface area is 178 Å². The minimum atomic E-state index is 0.0306. The fourth-order valence-electron chi connectivity index (χ4n) is 4.68. The van der Waals surface area contributed by atoms with E-state index in [1.165, 1.54) is 0 Å². The Morgan fingerprint density at radius 1 is 1.30 bits per heavy atom. The third-order valence-corrected chi connectivity index (χ3v) is 6.57.